The minimum atomic E-state index is -1.55. The number of nitrogens with one attached hydrogen (secondary N) is 1. The fourth-order valence-electron chi connectivity index (χ4n) is 2.27. The first-order chi connectivity index (χ1) is 13.0. The number of anilines is 1. The molecule has 0 spiro atoms. The van der Waals surface area contributed by atoms with Gasteiger partial charge >= 0.3 is 0 Å². The summed E-state index contributed by atoms with van der Waals surface area (Å²) < 4.78 is 59.1. The molecule has 1 N–H and O–H groups in total. The lowest BCUT2D eigenvalue weighted by Crippen LogP contribution is -2.02. The van der Waals surface area contributed by atoms with E-state index >= 15 is 0 Å². The van der Waals surface area contributed by atoms with Crippen LogP contribution in [0.4, 0.5) is 23.2 Å². The number of hydrazone groups is 1. The van der Waals surface area contributed by atoms with E-state index in [1.807, 2.05) is 35.8 Å². The van der Waals surface area contributed by atoms with Crippen LogP contribution in [0.2, 0.25) is 0 Å². The molecule has 0 amide bonds. The van der Waals surface area contributed by atoms with Crippen LogP contribution in [-0.4, -0.2) is 6.21 Å². The Bertz CT molecular complexity index is 935. The summed E-state index contributed by atoms with van der Waals surface area (Å²) in [6.07, 6.45) is 1.25. The Kier molecular flexibility index (Phi) is 5.71. The van der Waals surface area contributed by atoms with E-state index in [0.29, 0.717) is 17.9 Å². The number of ether oxygens (including phenoxy) is 1. The molecule has 0 aliphatic carbocycles. The molecule has 0 fully saturated rings. The topological polar surface area (TPSA) is 33.6 Å². The van der Waals surface area contributed by atoms with Gasteiger partial charge in [-0.1, -0.05) is 42.5 Å². The summed E-state index contributed by atoms with van der Waals surface area (Å²) in [6.45, 7) is 0.374. The summed E-state index contributed by atoms with van der Waals surface area (Å²) in [5.41, 5.74) is 2.55. The lowest BCUT2D eigenvalue weighted by molar-refractivity contribution is 0.306. The van der Waals surface area contributed by atoms with Crippen molar-refractivity contribution in [1.82, 2.24) is 0 Å². The Morgan fingerprint density at radius 3 is 2.26 bits per heavy atom. The van der Waals surface area contributed by atoms with Crippen LogP contribution in [0.15, 0.2) is 65.8 Å². The van der Waals surface area contributed by atoms with Gasteiger partial charge in [0.1, 0.15) is 18.0 Å². The van der Waals surface area contributed by atoms with Gasteiger partial charge in [-0.15, -0.1) is 0 Å². The lowest BCUT2D eigenvalue weighted by Gasteiger charge is -2.07. The molecule has 0 saturated carbocycles. The highest BCUT2D eigenvalue weighted by Gasteiger charge is 2.18. The van der Waals surface area contributed by atoms with E-state index in [0.717, 1.165) is 5.56 Å². The summed E-state index contributed by atoms with van der Waals surface area (Å²) in [6, 6.07) is 16.5. The highest BCUT2D eigenvalue weighted by molar-refractivity contribution is 5.80. The van der Waals surface area contributed by atoms with Crippen molar-refractivity contribution >= 4 is 11.9 Å². The molecule has 0 aliphatic heterocycles. The van der Waals surface area contributed by atoms with Crippen LogP contribution >= 0.6 is 0 Å². The highest BCUT2D eigenvalue weighted by Crippen LogP contribution is 2.24. The molecule has 0 saturated heterocycles. The zero-order chi connectivity index (χ0) is 19.2. The van der Waals surface area contributed by atoms with Gasteiger partial charge in [0.05, 0.1) is 6.21 Å². The van der Waals surface area contributed by atoms with E-state index in [9.17, 15) is 17.6 Å². The smallest absolute Gasteiger partial charge is 0.186 e. The predicted molar refractivity (Wildman–Crippen MR) is 94.7 cm³/mol. The second-order valence-corrected chi connectivity index (χ2v) is 5.56. The van der Waals surface area contributed by atoms with Crippen LogP contribution in [0.3, 0.4) is 0 Å². The molecule has 0 aliphatic rings. The number of benzene rings is 3. The molecule has 138 valence electrons. The van der Waals surface area contributed by atoms with E-state index in [4.69, 9.17) is 4.74 Å². The molecule has 0 aromatic heterocycles. The summed E-state index contributed by atoms with van der Waals surface area (Å²) in [7, 11) is 0. The number of hydrogen-bond donors (Lipinski definition) is 1. The molecular weight excluding hydrogens is 360 g/mol. The third-order valence-electron chi connectivity index (χ3n) is 3.61. The van der Waals surface area contributed by atoms with Gasteiger partial charge < -0.3 is 4.74 Å². The Morgan fingerprint density at radius 1 is 0.852 bits per heavy atom. The van der Waals surface area contributed by atoms with E-state index < -0.39 is 29.0 Å². The first-order valence-electron chi connectivity index (χ1n) is 7.93. The van der Waals surface area contributed by atoms with Crippen LogP contribution < -0.4 is 10.2 Å². The number of rotatable bonds is 6. The quantitative estimate of drug-likeness (QED) is 0.276. The SMILES string of the molecule is Fc1cc(F)c(F)c(NN=Cc2cccc(OCc3ccccc3)c2)c1F. The fourth-order valence-corrected chi connectivity index (χ4v) is 2.27. The second kappa shape index (κ2) is 8.35. The normalized spacial score (nSPS) is 11.0. The van der Waals surface area contributed by atoms with Gasteiger partial charge in [0.25, 0.3) is 0 Å². The predicted octanol–water partition coefficient (Wildman–Crippen LogP) is 5.27. The first-order valence-corrected chi connectivity index (χ1v) is 7.93. The van der Waals surface area contributed by atoms with Crippen molar-refractivity contribution in [3.8, 4) is 5.75 Å². The minimum absolute atomic E-state index is 0.132. The molecule has 27 heavy (non-hydrogen) atoms. The summed E-state index contributed by atoms with van der Waals surface area (Å²) in [5, 5.41) is 3.63. The summed E-state index contributed by atoms with van der Waals surface area (Å²) in [5.74, 6) is -5.56. The Labute approximate surface area is 152 Å². The molecule has 0 atom stereocenters. The van der Waals surface area contributed by atoms with Crippen molar-refractivity contribution in [2.75, 3.05) is 5.43 Å². The zero-order valence-electron chi connectivity index (χ0n) is 13.9. The van der Waals surface area contributed by atoms with Gasteiger partial charge in [-0.2, -0.15) is 5.10 Å². The van der Waals surface area contributed by atoms with Gasteiger partial charge in [-0.3, -0.25) is 5.43 Å². The van der Waals surface area contributed by atoms with Crippen LogP contribution in [0.25, 0.3) is 0 Å². The largest absolute Gasteiger partial charge is 0.489 e. The van der Waals surface area contributed by atoms with E-state index in [1.54, 1.807) is 24.3 Å². The van der Waals surface area contributed by atoms with Gasteiger partial charge in [0, 0.05) is 6.07 Å². The number of nitrogens with zero attached hydrogens (tertiary/aromatic N) is 1. The van der Waals surface area contributed by atoms with Crippen molar-refractivity contribution in [2.24, 2.45) is 5.10 Å². The minimum Gasteiger partial charge on any atom is -0.489 e. The maximum Gasteiger partial charge on any atom is 0.186 e. The molecule has 0 heterocycles. The highest BCUT2D eigenvalue weighted by atomic mass is 19.2. The molecule has 0 radical (unpaired) electrons. The average Bonchev–Trinajstić information content (AvgIpc) is 2.69. The molecule has 3 aromatic rings. The molecule has 3 nitrogen and oxygen atoms in total. The maximum atomic E-state index is 13.6. The average molecular weight is 374 g/mol. The van der Waals surface area contributed by atoms with E-state index in [2.05, 4.69) is 5.10 Å². The fraction of sp³-hybridized carbons (Fsp3) is 0.0500. The second-order valence-electron chi connectivity index (χ2n) is 5.56. The molecular formula is C20H14F4N2O. The Morgan fingerprint density at radius 2 is 1.56 bits per heavy atom. The molecule has 0 unspecified atom stereocenters. The summed E-state index contributed by atoms with van der Waals surface area (Å²) >= 11 is 0. The monoisotopic (exact) mass is 374 g/mol. The van der Waals surface area contributed by atoms with E-state index in [-0.39, 0.29) is 6.07 Å². The van der Waals surface area contributed by atoms with Gasteiger partial charge in [-0.05, 0) is 23.3 Å². The van der Waals surface area contributed by atoms with Crippen molar-refractivity contribution in [3.63, 3.8) is 0 Å². The van der Waals surface area contributed by atoms with Crippen molar-refractivity contribution < 1.29 is 22.3 Å². The molecule has 3 aromatic carbocycles. The van der Waals surface area contributed by atoms with Gasteiger partial charge in [0.15, 0.2) is 23.3 Å². The van der Waals surface area contributed by atoms with E-state index in [1.165, 1.54) is 6.21 Å². The molecule has 3 rings (SSSR count). The van der Waals surface area contributed by atoms with Crippen LogP contribution in [0, 0.1) is 23.3 Å². The van der Waals surface area contributed by atoms with Crippen molar-refractivity contribution in [1.29, 1.82) is 0 Å². The maximum absolute atomic E-state index is 13.6. The lowest BCUT2D eigenvalue weighted by atomic mass is 10.2. The zero-order valence-corrected chi connectivity index (χ0v) is 13.9. The van der Waals surface area contributed by atoms with Crippen LogP contribution in [0.5, 0.6) is 5.75 Å². The first kappa shape index (κ1) is 18.4. The van der Waals surface area contributed by atoms with Gasteiger partial charge in [0.2, 0.25) is 0 Å². The Hall–Kier alpha value is -3.35. The van der Waals surface area contributed by atoms with Crippen molar-refractivity contribution in [2.45, 2.75) is 6.61 Å². The third-order valence-corrected chi connectivity index (χ3v) is 3.61. The standard InChI is InChI=1S/C20H14F4N2O/c21-16-10-17(22)19(24)20(18(16)23)26-25-11-14-7-4-8-15(9-14)27-12-13-5-2-1-3-6-13/h1-11,26H,12H2. The summed E-state index contributed by atoms with van der Waals surface area (Å²) in [4.78, 5) is 0. The molecule has 0 bridgehead atoms. The third kappa shape index (κ3) is 4.63. The van der Waals surface area contributed by atoms with Gasteiger partial charge in [-0.25, -0.2) is 17.6 Å². The van der Waals surface area contributed by atoms with Crippen LogP contribution in [0.1, 0.15) is 11.1 Å². The number of hydrogen-bond acceptors (Lipinski definition) is 3. The van der Waals surface area contributed by atoms with Crippen LogP contribution in [-0.2, 0) is 6.61 Å². The number of halogens is 4. The molecule has 7 heteroatoms. The Balaban J connectivity index is 1.68. The van der Waals surface area contributed by atoms with Crippen molar-refractivity contribution in [3.05, 3.63) is 95.1 Å².